The molecule has 0 atom stereocenters. The lowest BCUT2D eigenvalue weighted by Gasteiger charge is -1.90. The summed E-state index contributed by atoms with van der Waals surface area (Å²) in [5.41, 5.74) is -0.179. The first-order valence-corrected chi connectivity index (χ1v) is 2.76. The van der Waals surface area contributed by atoms with Crippen LogP contribution in [0.1, 0.15) is 0 Å². The molecule has 0 aromatic carbocycles. The molecule has 0 aliphatic heterocycles. The minimum Gasteiger partial charge on any atom is -0.239 e. The maximum absolute atomic E-state index is 12.2. The van der Waals surface area contributed by atoms with Crippen molar-refractivity contribution < 1.29 is 4.39 Å². The molecule has 1 rings (SSSR count). The van der Waals surface area contributed by atoms with Crippen molar-refractivity contribution in [2.24, 2.45) is 5.18 Å². The van der Waals surface area contributed by atoms with Gasteiger partial charge in [0.05, 0.1) is 6.20 Å². The van der Waals surface area contributed by atoms with E-state index >= 15 is 0 Å². The van der Waals surface area contributed by atoms with Gasteiger partial charge in [0.2, 0.25) is 0 Å². The van der Waals surface area contributed by atoms with Crippen LogP contribution in [0.3, 0.4) is 0 Å². The van der Waals surface area contributed by atoms with Gasteiger partial charge in [-0.2, -0.15) is 0 Å². The Bertz CT molecular complexity index is 266. The van der Waals surface area contributed by atoms with Crippen molar-refractivity contribution in [1.29, 1.82) is 0 Å². The fourth-order valence-electron chi connectivity index (χ4n) is 0.476. The second-order valence-corrected chi connectivity index (χ2v) is 1.91. The average molecular weight is 161 g/mol. The molecular formula is C5H2ClFN2O. The van der Waals surface area contributed by atoms with Crippen molar-refractivity contribution in [3.8, 4) is 0 Å². The minimum atomic E-state index is -0.626. The van der Waals surface area contributed by atoms with E-state index in [0.29, 0.717) is 0 Å². The zero-order valence-electron chi connectivity index (χ0n) is 4.71. The molecule has 0 saturated carbocycles. The summed E-state index contributed by atoms with van der Waals surface area (Å²) in [5.74, 6) is -0.626. The topological polar surface area (TPSA) is 42.3 Å². The molecule has 0 fully saturated rings. The largest absolute Gasteiger partial charge is 0.239 e. The minimum absolute atomic E-state index is 0.0867. The lowest BCUT2D eigenvalue weighted by Crippen LogP contribution is -1.78. The first-order chi connectivity index (χ1) is 4.74. The number of nitroso groups, excluding NO2 is 1. The molecule has 0 spiro atoms. The Kier molecular flexibility index (Phi) is 1.91. The van der Waals surface area contributed by atoms with Gasteiger partial charge in [-0.3, -0.25) is 0 Å². The van der Waals surface area contributed by atoms with Crippen LogP contribution in [0.2, 0.25) is 5.15 Å². The summed E-state index contributed by atoms with van der Waals surface area (Å²) in [6.07, 6.45) is 0.914. The second kappa shape index (κ2) is 2.70. The number of hydrogen-bond donors (Lipinski definition) is 0. The molecule has 1 heterocycles. The maximum atomic E-state index is 12.2. The van der Waals surface area contributed by atoms with E-state index in [4.69, 9.17) is 11.6 Å². The van der Waals surface area contributed by atoms with Crippen LogP contribution in [0.25, 0.3) is 0 Å². The third-order valence-electron chi connectivity index (χ3n) is 0.886. The summed E-state index contributed by atoms with van der Waals surface area (Å²) in [6, 6.07) is 0.919. The van der Waals surface area contributed by atoms with E-state index in [1.165, 1.54) is 0 Å². The van der Waals surface area contributed by atoms with E-state index in [-0.39, 0.29) is 10.8 Å². The molecule has 1 aromatic rings. The summed E-state index contributed by atoms with van der Waals surface area (Å²) < 4.78 is 12.2. The molecule has 0 saturated heterocycles. The van der Waals surface area contributed by atoms with Crippen LogP contribution in [0.15, 0.2) is 17.4 Å². The number of pyridine rings is 1. The molecular weight excluding hydrogens is 159 g/mol. The number of hydrogen-bond acceptors (Lipinski definition) is 3. The van der Waals surface area contributed by atoms with E-state index in [0.717, 1.165) is 12.3 Å². The van der Waals surface area contributed by atoms with E-state index < -0.39 is 5.82 Å². The second-order valence-electron chi connectivity index (χ2n) is 1.55. The zero-order valence-corrected chi connectivity index (χ0v) is 5.47. The number of nitrogens with zero attached hydrogens (tertiary/aromatic N) is 2. The molecule has 3 nitrogen and oxygen atoms in total. The highest BCUT2D eigenvalue weighted by molar-refractivity contribution is 6.31. The summed E-state index contributed by atoms with van der Waals surface area (Å²) in [6.45, 7) is 0. The van der Waals surface area contributed by atoms with E-state index in [1.54, 1.807) is 0 Å². The van der Waals surface area contributed by atoms with Crippen LogP contribution in [0.5, 0.6) is 0 Å². The van der Waals surface area contributed by atoms with Gasteiger partial charge in [0.1, 0.15) is 11.5 Å². The lowest BCUT2D eigenvalue weighted by atomic mass is 10.4. The lowest BCUT2D eigenvalue weighted by molar-refractivity contribution is 0.622. The summed E-state index contributed by atoms with van der Waals surface area (Å²) in [4.78, 5) is 13.2. The first kappa shape index (κ1) is 7.08. The maximum Gasteiger partial charge on any atom is 0.158 e. The van der Waals surface area contributed by atoms with Crippen LogP contribution in [0, 0.1) is 10.7 Å². The predicted octanol–water partition coefficient (Wildman–Crippen LogP) is 2.27. The number of rotatable bonds is 1. The summed E-state index contributed by atoms with van der Waals surface area (Å²) in [5, 5.41) is 2.36. The smallest absolute Gasteiger partial charge is 0.158 e. The van der Waals surface area contributed by atoms with Gasteiger partial charge in [0.25, 0.3) is 0 Å². The Morgan fingerprint density at radius 3 is 2.90 bits per heavy atom. The van der Waals surface area contributed by atoms with Crippen molar-refractivity contribution in [1.82, 2.24) is 4.98 Å². The molecule has 0 amide bonds. The highest BCUT2D eigenvalue weighted by Crippen LogP contribution is 2.21. The van der Waals surface area contributed by atoms with Gasteiger partial charge in [-0.1, -0.05) is 11.6 Å². The average Bonchev–Trinajstić information content (AvgIpc) is 1.94. The molecule has 0 unspecified atom stereocenters. The van der Waals surface area contributed by atoms with Gasteiger partial charge < -0.3 is 0 Å². The monoisotopic (exact) mass is 160 g/mol. The Balaban J connectivity index is 3.21. The third-order valence-corrected chi connectivity index (χ3v) is 1.18. The van der Waals surface area contributed by atoms with E-state index in [2.05, 4.69) is 10.2 Å². The Labute approximate surface area is 60.8 Å². The summed E-state index contributed by atoms with van der Waals surface area (Å²) in [7, 11) is 0. The van der Waals surface area contributed by atoms with Crippen molar-refractivity contribution in [2.45, 2.75) is 0 Å². The molecule has 0 N–H and O–H groups in total. The molecule has 1 aromatic heterocycles. The zero-order chi connectivity index (χ0) is 7.56. The Hall–Kier alpha value is -1.03. The molecule has 0 aliphatic carbocycles. The normalized spacial score (nSPS) is 9.40. The highest BCUT2D eigenvalue weighted by Gasteiger charge is 2.01. The molecule has 0 bridgehead atoms. The molecule has 0 radical (unpaired) electrons. The fourth-order valence-corrected chi connectivity index (χ4v) is 0.614. The van der Waals surface area contributed by atoms with Gasteiger partial charge in [-0.05, 0) is 5.18 Å². The number of halogens is 2. The first-order valence-electron chi connectivity index (χ1n) is 2.38. The van der Waals surface area contributed by atoms with E-state index in [1.807, 2.05) is 0 Å². The molecule has 5 heteroatoms. The molecule has 0 aliphatic rings. The van der Waals surface area contributed by atoms with Crippen molar-refractivity contribution in [3.63, 3.8) is 0 Å². The quantitative estimate of drug-likeness (QED) is 0.467. The van der Waals surface area contributed by atoms with Gasteiger partial charge in [-0.25, -0.2) is 9.37 Å². The van der Waals surface area contributed by atoms with E-state index in [9.17, 15) is 9.30 Å². The SMILES string of the molecule is O=Nc1cc(F)cnc1Cl. The summed E-state index contributed by atoms with van der Waals surface area (Å²) >= 11 is 5.32. The van der Waals surface area contributed by atoms with Gasteiger partial charge in [0.15, 0.2) is 5.15 Å². The Morgan fingerprint density at radius 2 is 2.40 bits per heavy atom. The van der Waals surface area contributed by atoms with Gasteiger partial charge >= 0.3 is 0 Å². The van der Waals surface area contributed by atoms with Crippen LogP contribution in [0.4, 0.5) is 10.1 Å². The number of aromatic nitrogens is 1. The van der Waals surface area contributed by atoms with Crippen LogP contribution in [-0.2, 0) is 0 Å². The van der Waals surface area contributed by atoms with Crippen LogP contribution >= 0.6 is 11.6 Å². The molecule has 52 valence electrons. The Morgan fingerprint density at radius 1 is 1.70 bits per heavy atom. The van der Waals surface area contributed by atoms with Crippen LogP contribution < -0.4 is 0 Å². The van der Waals surface area contributed by atoms with Crippen molar-refractivity contribution in [3.05, 3.63) is 28.1 Å². The standard InChI is InChI=1S/C5H2ClFN2O/c6-5-4(9-10)1-3(7)2-8-5/h1-2H. The van der Waals surface area contributed by atoms with Gasteiger partial charge in [-0.15, -0.1) is 4.91 Å². The van der Waals surface area contributed by atoms with Gasteiger partial charge in [0, 0.05) is 6.07 Å². The van der Waals surface area contributed by atoms with Crippen molar-refractivity contribution in [2.75, 3.05) is 0 Å². The molecule has 10 heavy (non-hydrogen) atoms. The fraction of sp³-hybridized carbons (Fsp3) is 0. The highest BCUT2D eigenvalue weighted by atomic mass is 35.5. The third kappa shape index (κ3) is 1.27. The van der Waals surface area contributed by atoms with Crippen LogP contribution in [-0.4, -0.2) is 4.98 Å². The predicted molar refractivity (Wildman–Crippen MR) is 34.7 cm³/mol. The van der Waals surface area contributed by atoms with Crippen molar-refractivity contribution >= 4 is 17.3 Å².